The zero-order valence-electron chi connectivity index (χ0n) is 25.5. The van der Waals surface area contributed by atoms with E-state index in [9.17, 15) is 74.6 Å². The molecule has 1 aromatic carbocycles. The third-order valence-electron chi connectivity index (χ3n) is 10.0. The van der Waals surface area contributed by atoms with Crippen LogP contribution in [0.1, 0.15) is 88.7 Å². The number of benzene rings is 1. The van der Waals surface area contributed by atoms with Crippen molar-refractivity contribution >= 4 is 0 Å². The maximum absolute atomic E-state index is 14.6. The quantitative estimate of drug-likeness (QED) is 0.177. The normalized spacial score (nSPS) is 24.5. The fourth-order valence-corrected chi connectivity index (χ4v) is 6.90. The van der Waals surface area contributed by atoms with Crippen molar-refractivity contribution in [2.45, 2.75) is 132 Å². The Labute approximate surface area is 265 Å². The molecule has 48 heavy (non-hydrogen) atoms. The summed E-state index contributed by atoms with van der Waals surface area (Å²) < 4.78 is 231. The molecule has 0 aromatic heterocycles. The number of aryl methyl sites for hydroxylation is 1. The molecule has 2 fully saturated rings. The molecule has 0 saturated heterocycles. The smallest absolute Gasteiger partial charge is 0.194 e. The second-order valence-corrected chi connectivity index (χ2v) is 13.1. The number of hydrogen-bond donors (Lipinski definition) is 0. The molecule has 1 aromatic rings. The van der Waals surface area contributed by atoms with Gasteiger partial charge in [0.05, 0.1) is 0 Å². The van der Waals surface area contributed by atoms with Gasteiger partial charge < -0.3 is 0 Å². The topological polar surface area (TPSA) is 0 Å². The van der Waals surface area contributed by atoms with Gasteiger partial charge in [0, 0.05) is 5.56 Å². The minimum absolute atomic E-state index is 0.0772. The summed E-state index contributed by atoms with van der Waals surface area (Å²) in [5, 5.41) is 0. The van der Waals surface area contributed by atoms with E-state index in [1.165, 1.54) is 32.1 Å². The lowest BCUT2D eigenvalue weighted by molar-refractivity contribution is -0.462. The van der Waals surface area contributed by atoms with Crippen LogP contribution in [0, 0.1) is 23.7 Å². The summed E-state index contributed by atoms with van der Waals surface area (Å²) in [4.78, 5) is 0. The average molecular weight is 731 g/mol. The first-order valence-corrected chi connectivity index (χ1v) is 15.5. The third kappa shape index (κ3) is 6.86. The Morgan fingerprint density at radius 1 is 0.458 bits per heavy atom. The Balaban J connectivity index is 1.68. The molecule has 0 amide bonds. The van der Waals surface area contributed by atoms with Gasteiger partial charge in [0.2, 0.25) is 0 Å². The van der Waals surface area contributed by atoms with E-state index in [1.54, 1.807) is 0 Å². The van der Waals surface area contributed by atoms with Crippen molar-refractivity contribution in [2.75, 3.05) is 0 Å². The van der Waals surface area contributed by atoms with Gasteiger partial charge in [-0.05, 0) is 67.8 Å². The van der Waals surface area contributed by atoms with Crippen LogP contribution in [0.2, 0.25) is 0 Å². The van der Waals surface area contributed by atoms with E-state index in [2.05, 4.69) is 6.92 Å². The monoisotopic (exact) mass is 730 g/mol. The van der Waals surface area contributed by atoms with Crippen molar-refractivity contribution < 1.29 is 74.6 Å². The van der Waals surface area contributed by atoms with Gasteiger partial charge in [0.15, 0.2) is 0 Å². The number of halogens is 17. The third-order valence-corrected chi connectivity index (χ3v) is 10.0. The molecule has 2 saturated carbocycles. The van der Waals surface area contributed by atoms with Crippen molar-refractivity contribution in [1.29, 1.82) is 0 Å². The van der Waals surface area contributed by atoms with E-state index in [0.717, 1.165) is 50.2 Å². The first-order valence-electron chi connectivity index (χ1n) is 15.5. The second kappa shape index (κ2) is 13.6. The van der Waals surface area contributed by atoms with E-state index in [-0.39, 0.29) is 30.0 Å². The Morgan fingerprint density at radius 3 is 1.19 bits per heavy atom. The molecule has 3 rings (SSSR count). The Morgan fingerprint density at radius 2 is 0.812 bits per heavy atom. The van der Waals surface area contributed by atoms with Crippen LogP contribution in [-0.2, 0) is 12.3 Å². The van der Waals surface area contributed by atoms with Crippen molar-refractivity contribution in [3.05, 3.63) is 35.4 Å². The number of alkyl halides is 17. The summed E-state index contributed by atoms with van der Waals surface area (Å²) in [5.74, 6) is -54.2. The molecule has 0 radical (unpaired) electrons. The van der Waals surface area contributed by atoms with E-state index in [4.69, 9.17) is 0 Å². The van der Waals surface area contributed by atoms with Crippen molar-refractivity contribution in [1.82, 2.24) is 0 Å². The number of hydrogen-bond acceptors (Lipinski definition) is 0. The SMILES string of the molecule is CCC[C@H]1CC[C@H](C2CCC(CCc3ccc(C(F)(F)C(F)(F)C(F)(F)C(F)(F)C(F)(F)C(F)(F)C(F)(F)C(F)(F)F)cc3)CC2)CC1. The first kappa shape index (κ1) is 40.5. The van der Waals surface area contributed by atoms with Gasteiger partial charge >= 0.3 is 47.6 Å². The summed E-state index contributed by atoms with van der Waals surface area (Å²) in [6.45, 7) is 2.16. The standard InChI is InChI=1S/C31H35F17/c1-2-3-18-6-12-21(13-7-18)22-14-8-19(9-15-22)4-5-20-10-16-23(17-11-20)24(32,33)25(34,35)26(36,37)27(38,39)28(40,41)29(42,43)30(44,45)31(46,47)48/h10-11,16-19,21-22H,2-9,12-15H2,1H3/t18-,19?,21-,22?. The molecule has 0 unspecified atom stereocenters. The van der Waals surface area contributed by atoms with Gasteiger partial charge in [0.1, 0.15) is 0 Å². The van der Waals surface area contributed by atoms with Crippen LogP contribution in [0.15, 0.2) is 24.3 Å². The maximum atomic E-state index is 14.6. The van der Waals surface area contributed by atoms with Gasteiger partial charge in [-0.3, -0.25) is 0 Å². The Bertz CT molecular complexity index is 1190. The van der Waals surface area contributed by atoms with Gasteiger partial charge in [-0.15, -0.1) is 0 Å². The zero-order valence-corrected chi connectivity index (χ0v) is 25.5. The van der Waals surface area contributed by atoms with E-state index in [1.807, 2.05) is 0 Å². The van der Waals surface area contributed by atoms with Gasteiger partial charge in [-0.1, -0.05) is 69.7 Å². The predicted octanol–water partition coefficient (Wildman–Crippen LogP) is 12.5. The lowest BCUT2D eigenvalue weighted by atomic mass is 9.68. The van der Waals surface area contributed by atoms with Gasteiger partial charge in [-0.25, -0.2) is 0 Å². The maximum Gasteiger partial charge on any atom is 0.460 e. The second-order valence-electron chi connectivity index (χ2n) is 13.1. The highest BCUT2D eigenvalue weighted by atomic mass is 19.4. The van der Waals surface area contributed by atoms with Gasteiger partial charge in [-0.2, -0.15) is 74.6 Å². The highest BCUT2D eigenvalue weighted by molar-refractivity contribution is 5.30. The van der Waals surface area contributed by atoms with Crippen LogP contribution < -0.4 is 0 Å². The lowest BCUT2D eigenvalue weighted by Crippen LogP contribution is -2.74. The van der Waals surface area contributed by atoms with E-state index in [0.29, 0.717) is 18.3 Å². The van der Waals surface area contributed by atoms with Crippen LogP contribution >= 0.6 is 0 Å². The van der Waals surface area contributed by atoms with Gasteiger partial charge in [0.25, 0.3) is 0 Å². The highest BCUT2D eigenvalue weighted by Crippen LogP contribution is 2.65. The molecule has 0 heterocycles. The average Bonchev–Trinajstić information content (AvgIpc) is 3.00. The fourth-order valence-electron chi connectivity index (χ4n) is 6.90. The Hall–Kier alpha value is -1.97. The molecule has 0 aliphatic heterocycles. The molecular formula is C31H35F17. The molecule has 278 valence electrons. The minimum Gasteiger partial charge on any atom is -0.194 e. The van der Waals surface area contributed by atoms with Crippen LogP contribution in [0.5, 0.6) is 0 Å². The molecule has 2 aliphatic rings. The molecule has 0 N–H and O–H groups in total. The number of rotatable bonds is 13. The molecule has 0 spiro atoms. The molecule has 0 bridgehead atoms. The zero-order chi connectivity index (χ0) is 36.8. The fraction of sp³-hybridized carbons (Fsp3) is 0.806. The lowest BCUT2D eigenvalue weighted by Gasteiger charge is -2.42. The summed E-state index contributed by atoms with van der Waals surface area (Å²) in [6, 6.07) is 1.63. The Kier molecular flexibility index (Phi) is 11.5. The summed E-state index contributed by atoms with van der Waals surface area (Å²) in [5.41, 5.74) is -1.96. The van der Waals surface area contributed by atoms with Crippen LogP contribution in [0.25, 0.3) is 0 Å². The van der Waals surface area contributed by atoms with E-state index >= 15 is 0 Å². The highest BCUT2D eigenvalue weighted by Gasteiger charge is 2.95. The summed E-state index contributed by atoms with van der Waals surface area (Å²) in [7, 11) is 0. The van der Waals surface area contributed by atoms with Crippen LogP contribution in [0.4, 0.5) is 74.6 Å². The minimum atomic E-state index is -8.63. The van der Waals surface area contributed by atoms with Crippen molar-refractivity contribution in [2.24, 2.45) is 23.7 Å². The van der Waals surface area contributed by atoms with Crippen molar-refractivity contribution in [3.8, 4) is 0 Å². The summed E-state index contributed by atoms with van der Waals surface area (Å²) >= 11 is 0. The molecule has 17 heteroatoms. The summed E-state index contributed by atoms with van der Waals surface area (Å²) in [6.07, 6.45) is 3.86. The van der Waals surface area contributed by atoms with Crippen LogP contribution in [-0.4, -0.2) is 41.7 Å². The van der Waals surface area contributed by atoms with E-state index < -0.39 is 53.2 Å². The predicted molar refractivity (Wildman–Crippen MR) is 140 cm³/mol. The van der Waals surface area contributed by atoms with Crippen LogP contribution in [0.3, 0.4) is 0 Å². The molecular weight excluding hydrogens is 695 g/mol. The largest absolute Gasteiger partial charge is 0.460 e. The molecule has 0 atom stereocenters. The molecule has 2 aliphatic carbocycles. The van der Waals surface area contributed by atoms with Crippen molar-refractivity contribution in [3.63, 3.8) is 0 Å². The molecule has 0 nitrogen and oxygen atoms in total. The first-order chi connectivity index (χ1) is 21.7.